The molecule has 13 heavy (non-hydrogen) atoms. The second-order valence-corrected chi connectivity index (χ2v) is 2.30. The van der Waals surface area contributed by atoms with Crippen molar-refractivity contribution < 1.29 is 10.0 Å². The minimum Gasteiger partial charge on any atom is -0.409 e. The molecule has 68 valence electrons. The predicted molar refractivity (Wildman–Crippen MR) is 47.5 cm³/mol. The molecule has 1 aromatic carbocycles. The molecule has 0 radical (unpaired) electrons. The first-order chi connectivity index (χ1) is 6.24. The molecule has 1 rings (SSSR count). The average molecular weight is 179 g/mol. The second-order valence-electron chi connectivity index (χ2n) is 2.30. The van der Waals surface area contributed by atoms with E-state index in [1.807, 2.05) is 6.07 Å². The van der Waals surface area contributed by atoms with Crippen LogP contribution in [-0.2, 0) is 0 Å². The highest BCUT2D eigenvalue weighted by molar-refractivity contribution is 6.06. The monoisotopic (exact) mass is 179 g/mol. The summed E-state index contributed by atoms with van der Waals surface area (Å²) in [7, 11) is 0. The van der Waals surface area contributed by atoms with E-state index in [2.05, 4.69) is 10.5 Å². The van der Waals surface area contributed by atoms with E-state index in [0.29, 0.717) is 5.56 Å². The maximum Gasteiger partial charge on any atom is 0.317 e. The number of nitrogens with one attached hydrogen (secondary N) is 1. The van der Waals surface area contributed by atoms with E-state index in [4.69, 9.17) is 10.9 Å². The Bertz CT molecular complexity index is 321. The SMILES string of the molecule is NC(=O)NC(=NO)c1ccccc1. The van der Waals surface area contributed by atoms with Crippen LogP contribution in [0, 0.1) is 0 Å². The van der Waals surface area contributed by atoms with Crippen LogP contribution in [0.5, 0.6) is 0 Å². The molecule has 5 heteroatoms. The van der Waals surface area contributed by atoms with Crippen LogP contribution < -0.4 is 11.1 Å². The van der Waals surface area contributed by atoms with Gasteiger partial charge in [0.2, 0.25) is 0 Å². The van der Waals surface area contributed by atoms with Crippen LogP contribution in [-0.4, -0.2) is 17.1 Å². The number of rotatable bonds is 1. The number of amidine groups is 1. The van der Waals surface area contributed by atoms with Crippen LogP contribution in [0.3, 0.4) is 0 Å². The lowest BCUT2D eigenvalue weighted by atomic mass is 10.2. The molecule has 0 heterocycles. The predicted octanol–water partition coefficient (Wildman–Crippen LogP) is 0.491. The molecule has 0 fully saturated rings. The van der Waals surface area contributed by atoms with Gasteiger partial charge in [-0.2, -0.15) is 0 Å². The van der Waals surface area contributed by atoms with E-state index in [0.717, 1.165) is 0 Å². The van der Waals surface area contributed by atoms with Gasteiger partial charge in [-0.3, -0.25) is 5.32 Å². The highest BCUT2D eigenvalue weighted by Gasteiger charge is 2.04. The zero-order chi connectivity index (χ0) is 9.68. The molecule has 0 unspecified atom stereocenters. The topological polar surface area (TPSA) is 87.7 Å². The Morgan fingerprint density at radius 3 is 2.46 bits per heavy atom. The number of oxime groups is 1. The normalized spacial score (nSPS) is 10.9. The third-order valence-corrected chi connectivity index (χ3v) is 1.39. The number of hydrogen-bond acceptors (Lipinski definition) is 3. The summed E-state index contributed by atoms with van der Waals surface area (Å²) in [6.45, 7) is 0. The number of nitrogens with zero attached hydrogens (tertiary/aromatic N) is 1. The smallest absolute Gasteiger partial charge is 0.317 e. The van der Waals surface area contributed by atoms with Crippen molar-refractivity contribution in [3.05, 3.63) is 35.9 Å². The fourth-order valence-electron chi connectivity index (χ4n) is 0.868. The number of hydrogen-bond donors (Lipinski definition) is 3. The number of urea groups is 1. The number of benzene rings is 1. The van der Waals surface area contributed by atoms with E-state index < -0.39 is 6.03 Å². The summed E-state index contributed by atoms with van der Waals surface area (Å²) in [5.41, 5.74) is 5.45. The van der Waals surface area contributed by atoms with Gasteiger partial charge in [0, 0.05) is 5.56 Å². The van der Waals surface area contributed by atoms with Crippen molar-refractivity contribution in [2.45, 2.75) is 0 Å². The van der Waals surface area contributed by atoms with E-state index >= 15 is 0 Å². The van der Waals surface area contributed by atoms with Gasteiger partial charge in [0.25, 0.3) is 0 Å². The van der Waals surface area contributed by atoms with Crippen molar-refractivity contribution in [1.29, 1.82) is 0 Å². The summed E-state index contributed by atoms with van der Waals surface area (Å²) in [6.07, 6.45) is 0. The molecule has 4 N–H and O–H groups in total. The Balaban J connectivity index is 2.86. The standard InChI is InChI=1S/C8H9N3O2/c9-8(12)10-7(11-13)6-4-2-1-3-5-6/h1-5,13H,(H3,9,10,11,12). The van der Waals surface area contributed by atoms with Crippen LogP contribution >= 0.6 is 0 Å². The third-order valence-electron chi connectivity index (χ3n) is 1.39. The Kier molecular flexibility index (Phi) is 2.86. The fourth-order valence-corrected chi connectivity index (χ4v) is 0.868. The van der Waals surface area contributed by atoms with Crippen molar-refractivity contribution >= 4 is 11.9 Å². The van der Waals surface area contributed by atoms with Gasteiger partial charge in [-0.25, -0.2) is 4.79 Å². The Hall–Kier alpha value is -2.04. The van der Waals surface area contributed by atoms with Crippen LogP contribution in [0.25, 0.3) is 0 Å². The minimum absolute atomic E-state index is 0.0353. The third kappa shape index (κ3) is 2.48. The minimum atomic E-state index is -0.767. The van der Waals surface area contributed by atoms with Crippen molar-refractivity contribution in [3.63, 3.8) is 0 Å². The van der Waals surface area contributed by atoms with E-state index in [-0.39, 0.29) is 5.84 Å². The molecule has 0 bridgehead atoms. The summed E-state index contributed by atoms with van der Waals surface area (Å²) in [5, 5.41) is 13.6. The summed E-state index contributed by atoms with van der Waals surface area (Å²) >= 11 is 0. The highest BCUT2D eigenvalue weighted by atomic mass is 16.4. The number of amides is 2. The number of primary amides is 1. The van der Waals surface area contributed by atoms with Crippen molar-refractivity contribution in [3.8, 4) is 0 Å². The van der Waals surface area contributed by atoms with Gasteiger partial charge in [0.05, 0.1) is 0 Å². The first-order valence-corrected chi connectivity index (χ1v) is 3.58. The Labute approximate surface area is 74.9 Å². The van der Waals surface area contributed by atoms with Gasteiger partial charge in [-0.1, -0.05) is 35.5 Å². The molecule has 0 aliphatic heterocycles. The first kappa shape index (κ1) is 9.05. The maximum absolute atomic E-state index is 10.5. The molecule has 0 aromatic heterocycles. The molecule has 1 aromatic rings. The summed E-state index contributed by atoms with van der Waals surface area (Å²) in [6, 6.07) is 7.92. The Morgan fingerprint density at radius 2 is 2.00 bits per heavy atom. The fraction of sp³-hybridized carbons (Fsp3) is 0. The van der Waals surface area contributed by atoms with Crippen LogP contribution in [0.2, 0.25) is 0 Å². The zero-order valence-electron chi connectivity index (χ0n) is 6.77. The van der Waals surface area contributed by atoms with Crippen molar-refractivity contribution in [2.24, 2.45) is 10.9 Å². The lowest BCUT2D eigenvalue weighted by Crippen LogP contribution is -2.35. The summed E-state index contributed by atoms with van der Waals surface area (Å²) < 4.78 is 0. The van der Waals surface area contributed by atoms with Crippen molar-refractivity contribution in [1.82, 2.24) is 5.32 Å². The summed E-state index contributed by atoms with van der Waals surface area (Å²) in [5.74, 6) is 0.0353. The van der Waals surface area contributed by atoms with Crippen LogP contribution in [0.1, 0.15) is 5.56 Å². The van der Waals surface area contributed by atoms with Crippen LogP contribution in [0.15, 0.2) is 35.5 Å². The molecule has 0 saturated carbocycles. The average Bonchev–Trinajstić information content (AvgIpc) is 2.15. The van der Waals surface area contributed by atoms with E-state index in [9.17, 15) is 4.79 Å². The molecule has 0 aliphatic carbocycles. The second kappa shape index (κ2) is 4.10. The molecule has 0 aliphatic rings. The highest BCUT2D eigenvalue weighted by Crippen LogP contribution is 1.98. The van der Waals surface area contributed by atoms with E-state index in [1.54, 1.807) is 24.3 Å². The number of nitrogens with two attached hydrogens (primary N) is 1. The quantitative estimate of drug-likeness (QED) is 0.253. The summed E-state index contributed by atoms with van der Waals surface area (Å²) in [4.78, 5) is 10.5. The van der Waals surface area contributed by atoms with Crippen molar-refractivity contribution in [2.75, 3.05) is 0 Å². The lowest BCUT2D eigenvalue weighted by Gasteiger charge is -2.02. The van der Waals surface area contributed by atoms with E-state index in [1.165, 1.54) is 0 Å². The number of carbonyl (C=O) groups is 1. The Morgan fingerprint density at radius 1 is 1.38 bits per heavy atom. The number of carbonyl (C=O) groups excluding carboxylic acids is 1. The van der Waals surface area contributed by atoms with Gasteiger partial charge in [0.15, 0.2) is 5.84 Å². The van der Waals surface area contributed by atoms with Gasteiger partial charge in [-0.05, 0) is 0 Å². The van der Waals surface area contributed by atoms with Gasteiger partial charge >= 0.3 is 6.03 Å². The van der Waals surface area contributed by atoms with Crippen LogP contribution in [0.4, 0.5) is 4.79 Å². The lowest BCUT2D eigenvalue weighted by molar-refractivity contribution is 0.252. The molecule has 5 nitrogen and oxygen atoms in total. The first-order valence-electron chi connectivity index (χ1n) is 3.58. The molecule has 0 saturated heterocycles. The van der Waals surface area contributed by atoms with Gasteiger partial charge in [0.1, 0.15) is 0 Å². The van der Waals surface area contributed by atoms with Gasteiger partial charge in [-0.15, -0.1) is 0 Å². The zero-order valence-corrected chi connectivity index (χ0v) is 6.77. The maximum atomic E-state index is 10.5. The van der Waals surface area contributed by atoms with Gasteiger partial charge < -0.3 is 10.9 Å². The molecular weight excluding hydrogens is 170 g/mol. The molecule has 2 amide bonds. The molecular formula is C8H9N3O2. The molecule has 0 atom stereocenters. The molecule has 0 spiro atoms. The largest absolute Gasteiger partial charge is 0.409 e.